The Bertz CT molecular complexity index is 1270. The van der Waals surface area contributed by atoms with Gasteiger partial charge in [0, 0.05) is 31.7 Å². The lowest BCUT2D eigenvalue weighted by atomic mass is 9.92. The Hall–Kier alpha value is -3.69. The Morgan fingerprint density at radius 1 is 1.00 bits per heavy atom. The minimum absolute atomic E-state index is 0.126. The number of anilines is 1. The Morgan fingerprint density at radius 2 is 1.97 bits per heavy atom. The number of furan rings is 1. The zero-order chi connectivity index (χ0) is 24.7. The maximum Gasteiger partial charge on any atom is 0.202 e. The summed E-state index contributed by atoms with van der Waals surface area (Å²) in [6, 6.07) is 10.1. The Kier molecular flexibility index (Phi) is 5.67. The summed E-state index contributed by atoms with van der Waals surface area (Å²) in [4.78, 5) is 8.10. The molecule has 37 heavy (non-hydrogen) atoms. The van der Waals surface area contributed by atoms with Gasteiger partial charge in [-0.05, 0) is 68.5 Å². The molecule has 0 amide bonds. The van der Waals surface area contributed by atoms with E-state index in [0.29, 0.717) is 12.5 Å². The number of aromatic nitrogens is 3. The fourth-order valence-electron chi connectivity index (χ4n) is 6.30. The van der Waals surface area contributed by atoms with Crippen LogP contribution in [0.1, 0.15) is 43.5 Å². The van der Waals surface area contributed by atoms with E-state index in [2.05, 4.69) is 37.1 Å². The quantitative estimate of drug-likeness (QED) is 0.499. The third kappa shape index (κ3) is 3.48. The van der Waals surface area contributed by atoms with E-state index < -0.39 is 11.9 Å². The molecular formula is C28H31N5O4. The van der Waals surface area contributed by atoms with E-state index in [9.17, 15) is 0 Å². The lowest BCUT2D eigenvalue weighted by molar-refractivity contribution is -0.101. The summed E-state index contributed by atoms with van der Waals surface area (Å²) >= 11 is 0. The van der Waals surface area contributed by atoms with E-state index >= 15 is 0 Å². The molecule has 0 bridgehead atoms. The second kappa shape index (κ2) is 9.32. The number of ether oxygens (including phenoxy) is 3. The first-order valence-electron chi connectivity index (χ1n) is 13.1. The van der Waals surface area contributed by atoms with Crippen molar-refractivity contribution >= 4 is 11.6 Å². The SMILES string of the molecule is C1=COC(N2C(C3CCCCO3)=C(c3ccc[nH]3)N(c3ccco3)C2(c2ccn[nH]2)C2CCCO2)C=C1. The van der Waals surface area contributed by atoms with Crippen molar-refractivity contribution in [3.8, 4) is 0 Å². The topological polar surface area (TPSA) is 91.8 Å². The van der Waals surface area contributed by atoms with Crippen molar-refractivity contribution in [2.24, 2.45) is 0 Å². The minimum atomic E-state index is -0.873. The third-order valence-corrected chi connectivity index (χ3v) is 7.71. The highest BCUT2D eigenvalue weighted by Gasteiger charge is 2.63. The first-order chi connectivity index (χ1) is 18.4. The first kappa shape index (κ1) is 22.5. The van der Waals surface area contributed by atoms with Crippen molar-refractivity contribution in [1.82, 2.24) is 20.1 Å². The van der Waals surface area contributed by atoms with Gasteiger partial charge in [-0.2, -0.15) is 5.10 Å². The molecule has 0 saturated carbocycles. The first-order valence-corrected chi connectivity index (χ1v) is 13.1. The Labute approximate surface area is 215 Å². The largest absolute Gasteiger partial charge is 0.474 e. The summed E-state index contributed by atoms with van der Waals surface area (Å²) in [6.07, 6.45) is 17.4. The number of allylic oxidation sites excluding steroid dienone is 2. The Morgan fingerprint density at radius 3 is 2.65 bits per heavy atom. The highest BCUT2D eigenvalue weighted by molar-refractivity contribution is 5.84. The average Bonchev–Trinajstić information content (AvgIpc) is 3.78. The molecule has 0 aliphatic carbocycles. The molecule has 192 valence electrons. The molecule has 3 aromatic heterocycles. The van der Waals surface area contributed by atoms with Crippen molar-refractivity contribution in [2.75, 3.05) is 18.1 Å². The van der Waals surface area contributed by atoms with Crippen LogP contribution in [0.15, 0.2) is 83.6 Å². The van der Waals surface area contributed by atoms with Gasteiger partial charge in [-0.25, -0.2) is 0 Å². The summed E-state index contributed by atoms with van der Waals surface area (Å²) in [6.45, 7) is 1.41. The van der Waals surface area contributed by atoms with E-state index in [-0.39, 0.29) is 12.2 Å². The van der Waals surface area contributed by atoms with E-state index in [0.717, 1.165) is 61.5 Å². The van der Waals surface area contributed by atoms with Gasteiger partial charge >= 0.3 is 0 Å². The summed E-state index contributed by atoms with van der Waals surface area (Å²) in [5.41, 5.74) is 3.04. The second-order valence-electron chi connectivity index (χ2n) is 9.77. The molecule has 3 aromatic rings. The van der Waals surface area contributed by atoms with Crippen LogP contribution in [0.5, 0.6) is 0 Å². The van der Waals surface area contributed by atoms with E-state index in [1.165, 1.54) is 0 Å². The monoisotopic (exact) mass is 501 g/mol. The molecule has 0 aromatic carbocycles. The van der Waals surface area contributed by atoms with Crippen molar-refractivity contribution in [1.29, 1.82) is 0 Å². The van der Waals surface area contributed by atoms with Crippen molar-refractivity contribution in [3.05, 3.63) is 90.6 Å². The molecule has 7 rings (SSSR count). The minimum Gasteiger partial charge on any atom is -0.474 e. The average molecular weight is 502 g/mol. The van der Waals surface area contributed by atoms with Crippen molar-refractivity contribution < 1.29 is 18.6 Å². The predicted octanol–water partition coefficient (Wildman–Crippen LogP) is 4.85. The van der Waals surface area contributed by atoms with Crippen LogP contribution in [0.25, 0.3) is 5.70 Å². The lowest BCUT2D eigenvalue weighted by Crippen LogP contribution is -2.63. The summed E-state index contributed by atoms with van der Waals surface area (Å²) in [7, 11) is 0. The van der Waals surface area contributed by atoms with Gasteiger partial charge in [0.1, 0.15) is 6.10 Å². The van der Waals surface area contributed by atoms with Gasteiger partial charge in [0.25, 0.3) is 0 Å². The zero-order valence-electron chi connectivity index (χ0n) is 20.6. The number of rotatable bonds is 6. The molecule has 0 radical (unpaired) electrons. The predicted molar refractivity (Wildman–Crippen MR) is 137 cm³/mol. The van der Waals surface area contributed by atoms with Crippen molar-refractivity contribution in [3.63, 3.8) is 0 Å². The second-order valence-corrected chi connectivity index (χ2v) is 9.77. The van der Waals surface area contributed by atoms with Crippen LogP contribution >= 0.6 is 0 Å². The zero-order valence-corrected chi connectivity index (χ0v) is 20.6. The molecule has 4 aliphatic heterocycles. The summed E-state index contributed by atoms with van der Waals surface area (Å²) in [5.74, 6) is 0.709. The van der Waals surface area contributed by atoms with Gasteiger partial charge in [0.05, 0.1) is 41.4 Å². The number of hydrogen-bond acceptors (Lipinski definition) is 7. The van der Waals surface area contributed by atoms with Gasteiger partial charge in [-0.1, -0.05) is 6.08 Å². The van der Waals surface area contributed by atoms with Gasteiger partial charge in [0.2, 0.25) is 5.88 Å². The third-order valence-electron chi connectivity index (χ3n) is 7.71. The van der Waals surface area contributed by atoms with Crippen LogP contribution in [0.2, 0.25) is 0 Å². The number of hydrogen-bond donors (Lipinski definition) is 2. The molecule has 2 N–H and O–H groups in total. The van der Waals surface area contributed by atoms with Crippen LogP contribution in [0, 0.1) is 0 Å². The molecule has 4 unspecified atom stereocenters. The standard InChI is InChI=1S/C28H31N5O4/c1-3-16-34-21(9-1)27-26(20-8-5-14-29-20)32(25-12-7-19-37-25)28(22-13-15-30-31-22,23-10-6-18-35-23)33(27)24-11-2-4-17-36-24/h2,4-5,7-8,11-15,17,19,21,23-24,29H,1,3,6,9-10,16,18H2,(H,30,31). The van der Waals surface area contributed by atoms with Crippen LogP contribution < -0.4 is 4.90 Å². The van der Waals surface area contributed by atoms with E-state index in [1.807, 2.05) is 42.6 Å². The molecule has 9 heteroatoms. The maximum atomic E-state index is 6.57. The van der Waals surface area contributed by atoms with E-state index in [1.54, 1.807) is 18.7 Å². The van der Waals surface area contributed by atoms with Gasteiger partial charge in [0.15, 0.2) is 11.9 Å². The van der Waals surface area contributed by atoms with Crippen LogP contribution in [0.3, 0.4) is 0 Å². The van der Waals surface area contributed by atoms with Crippen LogP contribution in [0.4, 0.5) is 5.88 Å². The van der Waals surface area contributed by atoms with Crippen molar-refractivity contribution in [2.45, 2.75) is 56.2 Å². The molecule has 2 fully saturated rings. The van der Waals surface area contributed by atoms with Gasteiger partial charge in [-0.15, -0.1) is 0 Å². The van der Waals surface area contributed by atoms with Crippen LogP contribution in [-0.2, 0) is 19.9 Å². The number of nitrogens with zero attached hydrogens (tertiary/aromatic N) is 3. The fourth-order valence-corrected chi connectivity index (χ4v) is 6.30. The highest BCUT2D eigenvalue weighted by atomic mass is 16.5. The lowest BCUT2D eigenvalue weighted by Gasteiger charge is -2.50. The molecule has 4 aliphatic rings. The number of H-pyrrole nitrogens is 2. The molecule has 7 heterocycles. The van der Waals surface area contributed by atoms with E-state index in [4.69, 9.17) is 18.6 Å². The molecule has 9 nitrogen and oxygen atoms in total. The highest BCUT2D eigenvalue weighted by Crippen LogP contribution is 2.56. The molecule has 4 atom stereocenters. The molecule has 0 spiro atoms. The number of aromatic amines is 2. The normalized spacial score (nSPS) is 29.9. The summed E-state index contributed by atoms with van der Waals surface area (Å²) < 4.78 is 25.6. The molecule has 2 saturated heterocycles. The van der Waals surface area contributed by atoms with Crippen LogP contribution in [-0.4, -0.2) is 51.7 Å². The number of nitrogens with one attached hydrogen (secondary N) is 2. The summed E-state index contributed by atoms with van der Waals surface area (Å²) in [5, 5.41) is 7.73. The van der Waals surface area contributed by atoms with Gasteiger partial charge in [-0.3, -0.25) is 10.00 Å². The molecular weight excluding hydrogens is 470 g/mol. The Balaban J connectivity index is 1.56. The fraction of sp³-hybridized carbons (Fsp3) is 0.393. The smallest absolute Gasteiger partial charge is 0.202 e. The maximum absolute atomic E-state index is 6.57. The van der Waals surface area contributed by atoms with Gasteiger partial charge < -0.3 is 28.5 Å².